The second-order valence-corrected chi connectivity index (χ2v) is 6.07. The normalized spacial score (nSPS) is 20.2. The Morgan fingerprint density at radius 1 is 1.45 bits per heavy atom. The van der Waals surface area contributed by atoms with Gasteiger partial charge in [0.2, 0.25) is 0 Å². The second kappa shape index (κ2) is 6.08. The Labute approximate surface area is 127 Å². The van der Waals surface area contributed by atoms with Crippen molar-refractivity contribution < 1.29 is 4.74 Å². The van der Waals surface area contributed by atoms with Crippen LogP contribution in [0, 0.1) is 0 Å². The van der Waals surface area contributed by atoms with E-state index in [9.17, 15) is 0 Å². The molecule has 0 bridgehead atoms. The summed E-state index contributed by atoms with van der Waals surface area (Å²) < 4.78 is 6.84. The number of rotatable bonds is 3. The lowest BCUT2D eigenvalue weighted by molar-refractivity contribution is -0.0117. The predicted molar refractivity (Wildman–Crippen MR) is 85.2 cm³/mol. The zero-order valence-electron chi connectivity index (χ0n) is 11.5. The number of fused-ring (bicyclic) bond motifs is 1. The molecule has 0 spiro atoms. The maximum absolute atomic E-state index is 5.78. The zero-order chi connectivity index (χ0) is 13.9. The summed E-state index contributed by atoms with van der Waals surface area (Å²) in [6.45, 7) is 3.61. The van der Waals surface area contributed by atoms with Crippen molar-refractivity contribution in [1.82, 2.24) is 9.88 Å². The minimum atomic E-state index is 0.240. The van der Waals surface area contributed by atoms with Gasteiger partial charge in [0.1, 0.15) is 0 Å². The van der Waals surface area contributed by atoms with Crippen molar-refractivity contribution in [3.8, 4) is 0 Å². The van der Waals surface area contributed by atoms with Gasteiger partial charge in [-0.3, -0.25) is 4.98 Å². The van der Waals surface area contributed by atoms with Crippen LogP contribution in [0.25, 0.3) is 10.9 Å². The van der Waals surface area contributed by atoms with Crippen molar-refractivity contribution in [3.05, 3.63) is 34.9 Å². The molecule has 1 fully saturated rings. The molecule has 1 aliphatic heterocycles. The van der Waals surface area contributed by atoms with Crippen LogP contribution in [0.4, 0.5) is 5.69 Å². The van der Waals surface area contributed by atoms with Crippen molar-refractivity contribution in [2.24, 2.45) is 0 Å². The molecule has 20 heavy (non-hydrogen) atoms. The van der Waals surface area contributed by atoms with E-state index in [0.717, 1.165) is 47.3 Å². The Hall–Kier alpha value is -1.17. The molecule has 1 N–H and O–H groups in total. The highest BCUT2D eigenvalue weighted by molar-refractivity contribution is 9.10. The molecule has 1 aromatic heterocycles. The fraction of sp³-hybridized carbons (Fsp3) is 0.400. The number of halogens is 1. The van der Waals surface area contributed by atoms with Crippen LogP contribution in [0.1, 0.15) is 0 Å². The summed E-state index contributed by atoms with van der Waals surface area (Å²) in [5, 5.41) is 4.62. The standard InChI is InChI=1S/C15H18BrN3O/c1-19-6-7-20-12(10-19)9-18-15-4-5-17-14-3-2-11(16)8-13(14)15/h2-5,8,12H,6-7,9-10H2,1H3,(H,17,18). The molecule has 2 heterocycles. The average molecular weight is 336 g/mol. The molecule has 1 aliphatic rings. The maximum Gasteiger partial charge on any atom is 0.0874 e. The van der Waals surface area contributed by atoms with Gasteiger partial charge in [0, 0.05) is 41.4 Å². The first-order chi connectivity index (χ1) is 9.72. The van der Waals surface area contributed by atoms with Gasteiger partial charge in [-0.05, 0) is 31.3 Å². The van der Waals surface area contributed by atoms with Gasteiger partial charge in [0.15, 0.2) is 0 Å². The highest BCUT2D eigenvalue weighted by Gasteiger charge is 2.17. The Morgan fingerprint density at radius 3 is 3.20 bits per heavy atom. The topological polar surface area (TPSA) is 37.4 Å². The molecule has 1 unspecified atom stereocenters. The Morgan fingerprint density at radius 2 is 2.35 bits per heavy atom. The molecule has 0 amide bonds. The maximum atomic E-state index is 5.78. The fourth-order valence-corrected chi connectivity index (χ4v) is 2.85. The van der Waals surface area contributed by atoms with Gasteiger partial charge in [0.05, 0.1) is 18.2 Å². The van der Waals surface area contributed by atoms with Crippen LogP contribution in [0.2, 0.25) is 0 Å². The number of nitrogens with zero attached hydrogens (tertiary/aromatic N) is 2. The highest BCUT2D eigenvalue weighted by atomic mass is 79.9. The molecular formula is C15H18BrN3O. The minimum absolute atomic E-state index is 0.240. The molecule has 0 saturated carbocycles. The molecule has 0 aliphatic carbocycles. The number of pyridine rings is 1. The third-order valence-electron chi connectivity index (χ3n) is 3.57. The number of anilines is 1. The van der Waals surface area contributed by atoms with E-state index in [1.807, 2.05) is 24.4 Å². The number of hydrogen-bond donors (Lipinski definition) is 1. The number of nitrogens with one attached hydrogen (secondary N) is 1. The number of hydrogen-bond acceptors (Lipinski definition) is 4. The quantitative estimate of drug-likeness (QED) is 0.935. The van der Waals surface area contributed by atoms with Crippen molar-refractivity contribution in [1.29, 1.82) is 0 Å². The van der Waals surface area contributed by atoms with E-state index in [1.54, 1.807) is 0 Å². The minimum Gasteiger partial charge on any atom is -0.382 e. The SMILES string of the molecule is CN1CCOC(CNc2ccnc3ccc(Br)cc23)C1. The van der Waals surface area contributed by atoms with Gasteiger partial charge >= 0.3 is 0 Å². The Kier molecular flexibility index (Phi) is 4.19. The van der Waals surface area contributed by atoms with Crippen molar-refractivity contribution in [3.63, 3.8) is 0 Å². The predicted octanol–water partition coefficient (Wildman–Crippen LogP) is 2.74. The van der Waals surface area contributed by atoms with Gasteiger partial charge < -0.3 is 15.0 Å². The fourth-order valence-electron chi connectivity index (χ4n) is 2.49. The lowest BCUT2D eigenvalue weighted by atomic mass is 10.2. The monoisotopic (exact) mass is 335 g/mol. The summed E-state index contributed by atoms with van der Waals surface area (Å²) in [6, 6.07) is 8.15. The summed E-state index contributed by atoms with van der Waals surface area (Å²) in [5.41, 5.74) is 2.10. The third kappa shape index (κ3) is 3.11. The van der Waals surface area contributed by atoms with Gasteiger partial charge in [-0.25, -0.2) is 0 Å². The van der Waals surface area contributed by atoms with E-state index in [0.29, 0.717) is 0 Å². The first-order valence-electron chi connectivity index (χ1n) is 6.80. The van der Waals surface area contributed by atoms with Gasteiger partial charge in [-0.2, -0.15) is 0 Å². The summed E-state index contributed by atoms with van der Waals surface area (Å²) in [4.78, 5) is 6.69. The zero-order valence-corrected chi connectivity index (χ0v) is 13.1. The number of likely N-dealkylation sites (N-methyl/N-ethyl adjacent to an activating group) is 1. The second-order valence-electron chi connectivity index (χ2n) is 5.16. The molecule has 0 radical (unpaired) electrons. The molecule has 1 atom stereocenters. The number of ether oxygens (including phenoxy) is 1. The van der Waals surface area contributed by atoms with Crippen LogP contribution < -0.4 is 5.32 Å². The lowest BCUT2D eigenvalue weighted by Crippen LogP contribution is -2.43. The first kappa shape index (κ1) is 13.8. The Bertz CT molecular complexity index is 605. The molecule has 5 heteroatoms. The molecule has 1 saturated heterocycles. The van der Waals surface area contributed by atoms with E-state index in [4.69, 9.17) is 4.74 Å². The van der Waals surface area contributed by atoms with E-state index in [1.165, 1.54) is 0 Å². The summed E-state index contributed by atoms with van der Waals surface area (Å²) >= 11 is 3.52. The summed E-state index contributed by atoms with van der Waals surface area (Å²) in [6.07, 6.45) is 2.08. The molecule has 3 rings (SSSR count). The van der Waals surface area contributed by atoms with Crippen molar-refractivity contribution >= 4 is 32.5 Å². The van der Waals surface area contributed by atoms with E-state index >= 15 is 0 Å². The molecular weight excluding hydrogens is 318 g/mol. The largest absolute Gasteiger partial charge is 0.382 e. The molecule has 1 aromatic carbocycles. The summed E-state index contributed by atoms with van der Waals surface area (Å²) in [7, 11) is 2.13. The van der Waals surface area contributed by atoms with Crippen LogP contribution in [-0.4, -0.2) is 49.3 Å². The van der Waals surface area contributed by atoms with Crippen molar-refractivity contribution in [2.75, 3.05) is 38.6 Å². The summed E-state index contributed by atoms with van der Waals surface area (Å²) in [5.74, 6) is 0. The van der Waals surface area contributed by atoms with E-state index < -0.39 is 0 Å². The van der Waals surface area contributed by atoms with Gasteiger partial charge in [0.25, 0.3) is 0 Å². The lowest BCUT2D eigenvalue weighted by Gasteiger charge is -2.30. The van der Waals surface area contributed by atoms with E-state index in [2.05, 4.69) is 44.2 Å². The van der Waals surface area contributed by atoms with Crippen LogP contribution in [0.15, 0.2) is 34.9 Å². The molecule has 106 valence electrons. The van der Waals surface area contributed by atoms with Crippen LogP contribution >= 0.6 is 15.9 Å². The van der Waals surface area contributed by atoms with E-state index in [-0.39, 0.29) is 6.10 Å². The van der Waals surface area contributed by atoms with Crippen molar-refractivity contribution in [2.45, 2.75) is 6.10 Å². The van der Waals surface area contributed by atoms with Crippen LogP contribution in [0.5, 0.6) is 0 Å². The van der Waals surface area contributed by atoms with Gasteiger partial charge in [-0.15, -0.1) is 0 Å². The van der Waals surface area contributed by atoms with Gasteiger partial charge in [-0.1, -0.05) is 15.9 Å². The molecule has 4 nitrogen and oxygen atoms in total. The molecule has 2 aromatic rings. The number of aromatic nitrogens is 1. The number of morpholine rings is 1. The number of benzene rings is 1. The smallest absolute Gasteiger partial charge is 0.0874 e. The Balaban J connectivity index is 1.75. The van der Waals surface area contributed by atoms with Crippen LogP contribution in [-0.2, 0) is 4.74 Å². The highest BCUT2D eigenvalue weighted by Crippen LogP contribution is 2.25. The van der Waals surface area contributed by atoms with Crippen LogP contribution in [0.3, 0.4) is 0 Å². The first-order valence-corrected chi connectivity index (χ1v) is 7.60. The third-order valence-corrected chi connectivity index (χ3v) is 4.06. The average Bonchev–Trinajstić information content (AvgIpc) is 2.45.